The molecule has 2 aliphatic rings. The average Bonchev–Trinajstić information content (AvgIpc) is 2.54. The highest BCUT2D eigenvalue weighted by molar-refractivity contribution is 6.41. The van der Waals surface area contributed by atoms with E-state index in [-0.39, 0.29) is 11.8 Å². The molecule has 0 aromatic carbocycles. The predicted molar refractivity (Wildman–Crippen MR) is 94.7 cm³/mol. The van der Waals surface area contributed by atoms with Gasteiger partial charge in [0.05, 0.1) is 12.2 Å². The molecule has 0 amide bonds. The Morgan fingerprint density at radius 1 is 1.24 bits per heavy atom. The van der Waals surface area contributed by atoms with Crippen molar-refractivity contribution in [2.24, 2.45) is 28.6 Å². The maximum absolute atomic E-state index is 13.1. The van der Waals surface area contributed by atoms with Crippen LogP contribution in [0.2, 0.25) is 0 Å². The molecule has 0 heterocycles. The van der Waals surface area contributed by atoms with Crippen LogP contribution >= 0.6 is 0 Å². The van der Waals surface area contributed by atoms with Crippen molar-refractivity contribution in [3.63, 3.8) is 0 Å². The molecule has 2 saturated carbocycles. The van der Waals surface area contributed by atoms with E-state index in [0.29, 0.717) is 12.8 Å². The van der Waals surface area contributed by atoms with Gasteiger partial charge in [0.15, 0.2) is 0 Å². The molecular formula is C20H32O5. The summed E-state index contributed by atoms with van der Waals surface area (Å²) < 4.78 is 0. The highest BCUT2D eigenvalue weighted by atomic mass is 16.3. The lowest BCUT2D eigenvalue weighted by molar-refractivity contribution is -0.265. The van der Waals surface area contributed by atoms with Gasteiger partial charge in [0, 0.05) is 17.3 Å². The zero-order valence-corrected chi connectivity index (χ0v) is 16.0. The molecule has 0 unspecified atom stereocenters. The fourth-order valence-electron chi connectivity index (χ4n) is 5.56. The van der Waals surface area contributed by atoms with Crippen LogP contribution in [0.4, 0.5) is 0 Å². The molecule has 2 aliphatic carbocycles. The van der Waals surface area contributed by atoms with Crippen molar-refractivity contribution in [2.75, 3.05) is 0 Å². The number of aliphatic hydroxyl groups is 3. The first-order valence-electron chi connectivity index (χ1n) is 9.15. The van der Waals surface area contributed by atoms with Gasteiger partial charge in [0.1, 0.15) is 5.60 Å². The number of ketones is 2. The van der Waals surface area contributed by atoms with Crippen molar-refractivity contribution < 1.29 is 24.9 Å². The highest BCUT2D eigenvalue weighted by Gasteiger charge is 2.71. The molecule has 0 radical (unpaired) electrons. The summed E-state index contributed by atoms with van der Waals surface area (Å²) in [7, 11) is 0. The van der Waals surface area contributed by atoms with Gasteiger partial charge in [-0.2, -0.15) is 0 Å². The van der Waals surface area contributed by atoms with E-state index in [1.54, 1.807) is 20.8 Å². The highest BCUT2D eigenvalue weighted by Crippen LogP contribution is 2.62. The number of carbonyl (C=O) groups excluding carboxylic acids is 2. The van der Waals surface area contributed by atoms with Gasteiger partial charge in [-0.15, -0.1) is 6.58 Å². The van der Waals surface area contributed by atoms with Gasteiger partial charge in [-0.25, -0.2) is 0 Å². The second-order valence-corrected chi connectivity index (χ2v) is 8.99. The summed E-state index contributed by atoms with van der Waals surface area (Å²) >= 11 is 0. The molecular weight excluding hydrogens is 320 g/mol. The second kappa shape index (κ2) is 6.29. The Balaban J connectivity index is 2.64. The maximum atomic E-state index is 13.1. The van der Waals surface area contributed by atoms with Crippen LogP contribution in [-0.2, 0) is 9.59 Å². The number of hydrogen-bond acceptors (Lipinski definition) is 5. The zero-order chi connectivity index (χ0) is 19.4. The minimum Gasteiger partial charge on any atom is -0.393 e. The Hall–Kier alpha value is -1.04. The van der Waals surface area contributed by atoms with E-state index in [1.165, 1.54) is 6.08 Å². The molecule has 142 valence electrons. The Kier molecular flexibility index (Phi) is 5.10. The normalized spacial score (nSPS) is 44.5. The van der Waals surface area contributed by atoms with Crippen LogP contribution in [0.1, 0.15) is 53.9 Å². The van der Waals surface area contributed by atoms with Crippen LogP contribution < -0.4 is 0 Å². The molecule has 7 atom stereocenters. The number of fused-ring (bicyclic) bond motifs is 1. The van der Waals surface area contributed by atoms with E-state index < -0.39 is 52.5 Å². The fourth-order valence-corrected chi connectivity index (χ4v) is 5.56. The van der Waals surface area contributed by atoms with Crippen LogP contribution in [0.15, 0.2) is 12.7 Å². The van der Waals surface area contributed by atoms with Crippen LogP contribution in [0.3, 0.4) is 0 Å². The standard InChI is InChI=1S/C20H32O5/c1-7-11(2)15(23)17(24)20(25)12(3)10-13(21)16-18(4,5)9-8-14(22)19(16,20)6/h7,11-14,16,21-22,25H,1,8-10H2,2-6H3/t11-,12+,13+,14-,16+,19+,20-/m1/s1. The van der Waals surface area contributed by atoms with Crippen molar-refractivity contribution in [2.45, 2.75) is 71.7 Å². The monoisotopic (exact) mass is 352 g/mol. The van der Waals surface area contributed by atoms with Gasteiger partial charge >= 0.3 is 0 Å². The van der Waals surface area contributed by atoms with Crippen molar-refractivity contribution in [3.8, 4) is 0 Å². The first kappa shape index (κ1) is 20.3. The number of aliphatic hydroxyl groups excluding tert-OH is 2. The largest absolute Gasteiger partial charge is 0.393 e. The number of hydrogen-bond donors (Lipinski definition) is 3. The molecule has 25 heavy (non-hydrogen) atoms. The molecule has 2 fully saturated rings. The first-order valence-corrected chi connectivity index (χ1v) is 9.15. The molecule has 5 heteroatoms. The smallest absolute Gasteiger partial charge is 0.231 e. The molecule has 2 rings (SSSR count). The number of rotatable bonds is 4. The van der Waals surface area contributed by atoms with Crippen LogP contribution in [0, 0.1) is 28.6 Å². The van der Waals surface area contributed by atoms with Crippen molar-refractivity contribution in [1.82, 2.24) is 0 Å². The summed E-state index contributed by atoms with van der Waals surface area (Å²) in [5, 5.41) is 33.2. The third kappa shape index (κ3) is 2.63. The molecule has 0 spiro atoms. The topological polar surface area (TPSA) is 94.8 Å². The minimum absolute atomic E-state index is 0.217. The zero-order valence-electron chi connectivity index (χ0n) is 16.0. The van der Waals surface area contributed by atoms with Gasteiger partial charge in [0.2, 0.25) is 11.6 Å². The van der Waals surface area contributed by atoms with Crippen LogP contribution in [0.5, 0.6) is 0 Å². The van der Waals surface area contributed by atoms with Crippen molar-refractivity contribution in [3.05, 3.63) is 12.7 Å². The summed E-state index contributed by atoms with van der Waals surface area (Å²) in [6.07, 6.45) is 0.983. The summed E-state index contributed by atoms with van der Waals surface area (Å²) in [5.41, 5.74) is -3.67. The lowest BCUT2D eigenvalue weighted by Crippen LogP contribution is -2.74. The summed E-state index contributed by atoms with van der Waals surface area (Å²) in [5.74, 6) is -3.40. The third-order valence-electron chi connectivity index (χ3n) is 7.09. The third-order valence-corrected chi connectivity index (χ3v) is 7.09. The van der Waals surface area contributed by atoms with E-state index in [0.717, 1.165) is 0 Å². The minimum atomic E-state index is -2.01. The van der Waals surface area contributed by atoms with Crippen molar-refractivity contribution in [1.29, 1.82) is 0 Å². The lowest BCUT2D eigenvalue weighted by Gasteiger charge is -2.64. The quantitative estimate of drug-likeness (QED) is 0.530. The first-order chi connectivity index (χ1) is 11.4. The predicted octanol–water partition coefficient (Wildman–Crippen LogP) is 1.88. The summed E-state index contributed by atoms with van der Waals surface area (Å²) in [6.45, 7) is 12.4. The Labute approximate surface area is 150 Å². The fraction of sp³-hybridized carbons (Fsp3) is 0.800. The molecule has 0 aromatic heterocycles. The van der Waals surface area contributed by atoms with E-state index in [4.69, 9.17) is 0 Å². The van der Waals surface area contributed by atoms with E-state index in [1.807, 2.05) is 13.8 Å². The van der Waals surface area contributed by atoms with Gasteiger partial charge in [-0.05, 0) is 30.6 Å². The van der Waals surface area contributed by atoms with Gasteiger partial charge in [0.25, 0.3) is 0 Å². The van der Waals surface area contributed by atoms with Gasteiger partial charge in [-0.3, -0.25) is 9.59 Å². The molecule has 5 nitrogen and oxygen atoms in total. The molecule has 3 N–H and O–H groups in total. The maximum Gasteiger partial charge on any atom is 0.231 e. The lowest BCUT2D eigenvalue weighted by atomic mass is 9.42. The Morgan fingerprint density at radius 3 is 2.32 bits per heavy atom. The molecule has 0 aliphatic heterocycles. The van der Waals surface area contributed by atoms with E-state index in [2.05, 4.69) is 6.58 Å². The van der Waals surface area contributed by atoms with Crippen molar-refractivity contribution >= 4 is 11.6 Å². The van der Waals surface area contributed by atoms with E-state index >= 15 is 0 Å². The number of carbonyl (C=O) groups is 2. The Bertz CT molecular complexity index is 583. The summed E-state index contributed by atoms with van der Waals surface area (Å²) in [6, 6.07) is 0. The Morgan fingerprint density at radius 2 is 1.80 bits per heavy atom. The second-order valence-electron chi connectivity index (χ2n) is 8.99. The van der Waals surface area contributed by atoms with E-state index in [9.17, 15) is 24.9 Å². The molecule has 0 saturated heterocycles. The molecule has 0 bridgehead atoms. The average molecular weight is 352 g/mol. The van der Waals surface area contributed by atoms with Crippen LogP contribution in [-0.4, -0.2) is 44.7 Å². The van der Waals surface area contributed by atoms with Gasteiger partial charge in [-0.1, -0.05) is 40.7 Å². The van der Waals surface area contributed by atoms with Gasteiger partial charge < -0.3 is 15.3 Å². The SMILES string of the molecule is C=C[C@@H](C)C(=O)C(=O)[C@]1(O)[C@@H](C)C[C@H](O)[C@H]2C(C)(C)CC[C@@H](O)[C@@]21C. The number of Topliss-reactive ketones (excluding diaryl/α,β-unsaturated/α-hetero) is 2. The number of allylic oxidation sites excluding steroid dienone is 1. The van der Waals surface area contributed by atoms with Crippen LogP contribution in [0.25, 0.3) is 0 Å². The summed E-state index contributed by atoms with van der Waals surface area (Å²) in [4.78, 5) is 25.7. The molecule has 0 aromatic rings.